The minimum atomic E-state index is -0.926. The summed E-state index contributed by atoms with van der Waals surface area (Å²) < 4.78 is 0. The summed E-state index contributed by atoms with van der Waals surface area (Å²) in [6.45, 7) is 0.199. The number of amides is 1. The maximum Gasteiger partial charge on any atom is 0.312 e. The third-order valence-electron chi connectivity index (χ3n) is 2.78. The number of aliphatic carboxylic acids is 1. The molecule has 16 heavy (non-hydrogen) atoms. The number of carbonyl (C=O) groups is 2. The Morgan fingerprint density at radius 2 is 2.25 bits per heavy atom. The van der Waals surface area contributed by atoms with Crippen molar-refractivity contribution >= 4 is 17.6 Å². The largest absolute Gasteiger partial charge is 0.481 e. The molecule has 84 valence electrons. The third-order valence-corrected chi connectivity index (χ3v) is 2.78. The van der Waals surface area contributed by atoms with Crippen molar-refractivity contribution in [2.24, 2.45) is 0 Å². The fourth-order valence-electron chi connectivity index (χ4n) is 1.93. The van der Waals surface area contributed by atoms with Gasteiger partial charge in [0.15, 0.2) is 0 Å². The standard InChI is InChI=1S/C11H12N2O3/c1-13-5-9(11(15)16)7-3-2-6(12)4-8(7)10(13)14/h2-4,9H,5,12H2,1H3,(H,15,16). The quantitative estimate of drug-likeness (QED) is 0.676. The van der Waals surface area contributed by atoms with Crippen molar-refractivity contribution in [1.82, 2.24) is 4.90 Å². The van der Waals surface area contributed by atoms with E-state index in [-0.39, 0.29) is 12.5 Å². The van der Waals surface area contributed by atoms with Crippen LogP contribution in [0.2, 0.25) is 0 Å². The zero-order valence-corrected chi connectivity index (χ0v) is 8.80. The van der Waals surface area contributed by atoms with Crippen LogP contribution in [0.5, 0.6) is 0 Å². The lowest BCUT2D eigenvalue weighted by molar-refractivity contribution is -0.139. The van der Waals surface area contributed by atoms with Crippen molar-refractivity contribution < 1.29 is 14.7 Å². The second-order valence-corrected chi connectivity index (χ2v) is 3.92. The normalized spacial score (nSPS) is 19.4. The summed E-state index contributed by atoms with van der Waals surface area (Å²) in [5.74, 6) is -1.77. The second-order valence-electron chi connectivity index (χ2n) is 3.92. The van der Waals surface area contributed by atoms with Gasteiger partial charge in [-0.15, -0.1) is 0 Å². The topological polar surface area (TPSA) is 83.6 Å². The van der Waals surface area contributed by atoms with Gasteiger partial charge in [0.1, 0.15) is 5.92 Å². The van der Waals surface area contributed by atoms with E-state index in [0.717, 1.165) is 0 Å². The van der Waals surface area contributed by atoms with Crippen LogP contribution in [-0.4, -0.2) is 35.5 Å². The van der Waals surface area contributed by atoms with E-state index < -0.39 is 11.9 Å². The number of fused-ring (bicyclic) bond motifs is 1. The van der Waals surface area contributed by atoms with Crippen LogP contribution in [0.4, 0.5) is 5.69 Å². The number of rotatable bonds is 1. The maximum absolute atomic E-state index is 11.8. The van der Waals surface area contributed by atoms with Crippen molar-refractivity contribution in [3.8, 4) is 0 Å². The van der Waals surface area contributed by atoms with Crippen molar-refractivity contribution in [3.05, 3.63) is 29.3 Å². The number of nitrogens with two attached hydrogens (primary N) is 1. The average Bonchev–Trinajstić information content (AvgIpc) is 2.23. The molecule has 5 nitrogen and oxygen atoms in total. The van der Waals surface area contributed by atoms with E-state index >= 15 is 0 Å². The molecule has 1 aromatic carbocycles. The Hall–Kier alpha value is -2.04. The summed E-state index contributed by atoms with van der Waals surface area (Å²) >= 11 is 0. The number of carboxylic acid groups (broad SMARTS) is 1. The first-order chi connectivity index (χ1) is 7.50. The Bertz CT molecular complexity index is 470. The van der Waals surface area contributed by atoms with E-state index in [1.54, 1.807) is 19.2 Å². The summed E-state index contributed by atoms with van der Waals surface area (Å²) in [7, 11) is 1.59. The van der Waals surface area contributed by atoms with E-state index in [1.165, 1.54) is 11.0 Å². The molecular weight excluding hydrogens is 208 g/mol. The molecule has 1 amide bonds. The zero-order valence-electron chi connectivity index (χ0n) is 8.80. The Kier molecular flexibility index (Phi) is 2.30. The van der Waals surface area contributed by atoms with E-state index in [2.05, 4.69) is 0 Å². The van der Waals surface area contributed by atoms with Crippen LogP contribution in [-0.2, 0) is 4.79 Å². The molecule has 0 saturated heterocycles. The highest BCUT2D eigenvalue weighted by Gasteiger charge is 2.33. The van der Waals surface area contributed by atoms with Crippen LogP contribution in [0, 0.1) is 0 Å². The second kappa shape index (κ2) is 3.52. The first-order valence-corrected chi connectivity index (χ1v) is 4.88. The average molecular weight is 220 g/mol. The van der Waals surface area contributed by atoms with Gasteiger partial charge in [-0.05, 0) is 17.7 Å². The number of hydrogen-bond acceptors (Lipinski definition) is 3. The molecule has 1 aliphatic rings. The van der Waals surface area contributed by atoms with Crippen molar-refractivity contribution in [2.75, 3.05) is 19.3 Å². The van der Waals surface area contributed by atoms with Gasteiger partial charge >= 0.3 is 5.97 Å². The summed E-state index contributed by atoms with van der Waals surface area (Å²) in [5, 5.41) is 9.09. The van der Waals surface area contributed by atoms with Crippen LogP contribution in [0.3, 0.4) is 0 Å². The van der Waals surface area contributed by atoms with Gasteiger partial charge in [-0.2, -0.15) is 0 Å². The Morgan fingerprint density at radius 1 is 1.56 bits per heavy atom. The summed E-state index contributed by atoms with van der Waals surface area (Å²) in [6, 6.07) is 4.77. The molecule has 3 N–H and O–H groups in total. The number of carboxylic acids is 1. The predicted molar refractivity (Wildman–Crippen MR) is 58.2 cm³/mol. The van der Waals surface area contributed by atoms with Gasteiger partial charge in [0.05, 0.1) is 0 Å². The van der Waals surface area contributed by atoms with Crippen molar-refractivity contribution in [3.63, 3.8) is 0 Å². The van der Waals surface area contributed by atoms with Crippen LogP contribution in [0.25, 0.3) is 0 Å². The van der Waals surface area contributed by atoms with Gasteiger partial charge in [0.25, 0.3) is 5.91 Å². The van der Waals surface area contributed by atoms with Crippen LogP contribution in [0.1, 0.15) is 21.8 Å². The minimum Gasteiger partial charge on any atom is -0.481 e. The number of hydrogen-bond donors (Lipinski definition) is 2. The van der Waals surface area contributed by atoms with Crippen molar-refractivity contribution in [2.45, 2.75) is 5.92 Å². The number of likely N-dealkylation sites (N-methyl/N-ethyl adjacent to an activating group) is 1. The highest BCUT2D eigenvalue weighted by atomic mass is 16.4. The summed E-state index contributed by atoms with van der Waals surface area (Å²) in [5.41, 5.74) is 6.99. The smallest absolute Gasteiger partial charge is 0.312 e. The lowest BCUT2D eigenvalue weighted by Gasteiger charge is -2.29. The molecule has 5 heteroatoms. The molecule has 1 aliphatic heterocycles. The number of nitrogens with zero attached hydrogens (tertiary/aromatic N) is 1. The molecule has 0 radical (unpaired) electrons. The number of benzene rings is 1. The lowest BCUT2D eigenvalue weighted by Crippen LogP contribution is -2.39. The van der Waals surface area contributed by atoms with E-state index in [0.29, 0.717) is 16.8 Å². The van der Waals surface area contributed by atoms with Gasteiger partial charge in [-0.3, -0.25) is 9.59 Å². The molecule has 1 aromatic rings. The van der Waals surface area contributed by atoms with Gasteiger partial charge in [-0.1, -0.05) is 6.07 Å². The molecule has 1 atom stereocenters. The number of anilines is 1. The van der Waals surface area contributed by atoms with Gasteiger partial charge in [0.2, 0.25) is 0 Å². The summed E-state index contributed by atoms with van der Waals surface area (Å²) in [6.07, 6.45) is 0. The van der Waals surface area contributed by atoms with Gasteiger partial charge in [0, 0.05) is 24.8 Å². The number of carbonyl (C=O) groups excluding carboxylic acids is 1. The maximum atomic E-state index is 11.8. The van der Waals surface area contributed by atoms with E-state index in [9.17, 15) is 9.59 Å². The number of nitrogen functional groups attached to an aromatic ring is 1. The fraction of sp³-hybridized carbons (Fsp3) is 0.273. The molecule has 0 bridgehead atoms. The molecule has 0 aromatic heterocycles. The predicted octanol–water partition coefficient (Wildman–Crippen LogP) is 0.523. The molecule has 0 saturated carbocycles. The van der Waals surface area contributed by atoms with E-state index in [4.69, 9.17) is 10.8 Å². The highest BCUT2D eigenvalue weighted by molar-refractivity contribution is 6.00. The van der Waals surface area contributed by atoms with Crippen LogP contribution in [0.15, 0.2) is 18.2 Å². The first-order valence-electron chi connectivity index (χ1n) is 4.88. The zero-order chi connectivity index (χ0) is 11.9. The Balaban J connectivity index is 2.58. The monoisotopic (exact) mass is 220 g/mol. The SMILES string of the molecule is CN1CC(C(=O)O)c2ccc(N)cc2C1=O. The summed E-state index contributed by atoms with van der Waals surface area (Å²) in [4.78, 5) is 24.3. The fourth-order valence-corrected chi connectivity index (χ4v) is 1.93. The van der Waals surface area contributed by atoms with Crippen LogP contribution >= 0.6 is 0 Å². The van der Waals surface area contributed by atoms with Crippen LogP contribution < -0.4 is 5.73 Å². The molecule has 0 fully saturated rings. The Morgan fingerprint density at radius 3 is 2.88 bits per heavy atom. The molecule has 1 heterocycles. The highest BCUT2D eigenvalue weighted by Crippen LogP contribution is 2.29. The molecule has 2 rings (SSSR count). The lowest BCUT2D eigenvalue weighted by atomic mass is 9.89. The van der Waals surface area contributed by atoms with Gasteiger partial charge < -0.3 is 15.7 Å². The molecular formula is C11H12N2O3. The van der Waals surface area contributed by atoms with Crippen molar-refractivity contribution in [1.29, 1.82) is 0 Å². The molecule has 0 aliphatic carbocycles. The molecule has 0 spiro atoms. The van der Waals surface area contributed by atoms with E-state index in [1.807, 2.05) is 0 Å². The minimum absolute atomic E-state index is 0.181. The third kappa shape index (κ3) is 1.50. The first kappa shape index (κ1) is 10.5. The molecule has 1 unspecified atom stereocenters. The van der Waals surface area contributed by atoms with Gasteiger partial charge in [-0.25, -0.2) is 0 Å². The Labute approximate surface area is 92.5 Å².